The second-order valence-corrected chi connectivity index (χ2v) is 7.17. The van der Waals surface area contributed by atoms with Gasteiger partial charge >= 0.3 is 0 Å². The third-order valence-electron chi connectivity index (χ3n) is 3.14. The predicted molar refractivity (Wildman–Crippen MR) is 100 cm³/mol. The maximum absolute atomic E-state index is 12.1. The van der Waals surface area contributed by atoms with E-state index in [0.29, 0.717) is 4.60 Å². The van der Waals surface area contributed by atoms with E-state index in [2.05, 4.69) is 25.9 Å². The van der Waals surface area contributed by atoms with Gasteiger partial charge in [0.05, 0.1) is 25.7 Å². The topological polar surface area (TPSA) is 35.6 Å². The van der Waals surface area contributed by atoms with Crippen LogP contribution in [0.25, 0.3) is 0 Å². The van der Waals surface area contributed by atoms with E-state index in [1.54, 1.807) is 18.0 Å². The summed E-state index contributed by atoms with van der Waals surface area (Å²) in [5.74, 6) is 0.798. The highest BCUT2D eigenvalue weighted by molar-refractivity contribution is 9.10. The van der Waals surface area contributed by atoms with Gasteiger partial charge in [-0.2, -0.15) is 0 Å². The van der Waals surface area contributed by atoms with Gasteiger partial charge in [-0.25, -0.2) is 27.5 Å². The van der Waals surface area contributed by atoms with Crippen molar-refractivity contribution >= 4 is 27.7 Å². The Labute approximate surface area is 166 Å². The van der Waals surface area contributed by atoms with Crippen LogP contribution in [-0.2, 0) is 18.8 Å². The number of aromatic nitrogens is 4. The van der Waals surface area contributed by atoms with Gasteiger partial charge in [-0.3, -0.25) is 0 Å². The van der Waals surface area contributed by atoms with Crippen molar-refractivity contribution < 1.29 is 17.6 Å². The van der Waals surface area contributed by atoms with Gasteiger partial charge in [0.2, 0.25) is 0 Å². The lowest BCUT2D eigenvalue weighted by Crippen LogP contribution is -2.03. The maximum atomic E-state index is 12.1. The highest BCUT2D eigenvalue weighted by atomic mass is 79.9. The first kappa shape index (κ1) is 21.5. The van der Waals surface area contributed by atoms with E-state index in [1.807, 2.05) is 30.3 Å². The zero-order valence-corrected chi connectivity index (χ0v) is 16.5. The van der Waals surface area contributed by atoms with Crippen LogP contribution in [0.1, 0.15) is 5.56 Å². The normalized spacial score (nSPS) is 10.9. The SMILES string of the molecule is FC(F)Cn1cnc(Br)c1.FC(F)Cn1cnc(SCc2ccccc2)c1. The molecule has 0 spiro atoms. The molecule has 3 aromatic rings. The largest absolute Gasteiger partial charge is 0.331 e. The quantitative estimate of drug-likeness (QED) is 0.349. The van der Waals surface area contributed by atoms with Crippen molar-refractivity contribution in [3.05, 3.63) is 65.5 Å². The van der Waals surface area contributed by atoms with Crippen LogP contribution in [0.2, 0.25) is 0 Å². The van der Waals surface area contributed by atoms with Gasteiger partial charge in [0, 0.05) is 18.1 Å². The Balaban J connectivity index is 0.000000223. The number of rotatable bonds is 7. The van der Waals surface area contributed by atoms with Gasteiger partial charge in [-0.05, 0) is 21.5 Å². The Hall–Kier alpha value is -1.81. The first-order valence-electron chi connectivity index (χ1n) is 7.84. The van der Waals surface area contributed by atoms with E-state index in [0.717, 1.165) is 10.8 Å². The van der Waals surface area contributed by atoms with E-state index < -0.39 is 12.9 Å². The summed E-state index contributed by atoms with van der Waals surface area (Å²) in [5, 5.41) is 0.773. The highest BCUT2D eigenvalue weighted by Crippen LogP contribution is 2.20. The second-order valence-electron chi connectivity index (χ2n) is 5.36. The standard InChI is InChI=1S/C12H12F2N2S.C5H5BrF2N2/c13-11(14)6-16-7-12(15-9-16)17-8-10-4-2-1-3-5-10;6-4-1-10(3-9-4)2-5(7)8/h1-5,7,9,11H,6,8H2;1,3,5H,2H2. The molecule has 0 aliphatic rings. The van der Waals surface area contributed by atoms with Gasteiger partial charge < -0.3 is 9.13 Å². The number of imidazole rings is 2. The Kier molecular flexibility index (Phi) is 8.86. The summed E-state index contributed by atoms with van der Waals surface area (Å²) in [4.78, 5) is 7.79. The van der Waals surface area contributed by atoms with Crippen molar-refractivity contribution in [3.8, 4) is 0 Å². The molecular formula is C17H17BrF4N4S. The van der Waals surface area contributed by atoms with Crippen molar-refractivity contribution in [1.29, 1.82) is 0 Å². The van der Waals surface area contributed by atoms with E-state index in [9.17, 15) is 17.6 Å². The van der Waals surface area contributed by atoms with Crippen LogP contribution in [0.4, 0.5) is 17.6 Å². The van der Waals surface area contributed by atoms with Gasteiger partial charge in [0.1, 0.15) is 9.63 Å². The van der Waals surface area contributed by atoms with Crippen molar-refractivity contribution in [2.45, 2.75) is 36.7 Å². The lowest BCUT2D eigenvalue weighted by atomic mass is 10.2. The molecule has 146 valence electrons. The summed E-state index contributed by atoms with van der Waals surface area (Å²) in [6, 6.07) is 9.98. The molecule has 0 radical (unpaired) electrons. The molecule has 3 rings (SSSR count). The maximum Gasteiger partial charge on any atom is 0.256 e. The molecule has 2 heterocycles. The number of hydrogen-bond donors (Lipinski definition) is 0. The summed E-state index contributed by atoms with van der Waals surface area (Å²) < 4.78 is 50.9. The fraction of sp³-hybridized carbons (Fsp3) is 0.294. The molecule has 27 heavy (non-hydrogen) atoms. The molecule has 0 N–H and O–H groups in total. The third kappa shape index (κ3) is 8.61. The van der Waals surface area contributed by atoms with Gasteiger partial charge in [-0.15, -0.1) is 11.8 Å². The lowest BCUT2D eigenvalue weighted by Gasteiger charge is -1.99. The summed E-state index contributed by atoms with van der Waals surface area (Å²) in [6.45, 7) is -0.586. The minimum absolute atomic E-state index is 0.293. The van der Waals surface area contributed by atoms with Crippen LogP contribution in [-0.4, -0.2) is 32.0 Å². The predicted octanol–water partition coefficient (Wildman–Crippen LogP) is 5.35. The zero-order chi connectivity index (χ0) is 19.6. The Bertz CT molecular complexity index is 795. The average Bonchev–Trinajstić information content (AvgIpc) is 3.22. The Morgan fingerprint density at radius 1 is 0.889 bits per heavy atom. The van der Waals surface area contributed by atoms with Crippen LogP contribution in [0.5, 0.6) is 0 Å². The zero-order valence-electron chi connectivity index (χ0n) is 14.1. The molecular weight excluding hydrogens is 448 g/mol. The van der Waals surface area contributed by atoms with Crippen molar-refractivity contribution in [3.63, 3.8) is 0 Å². The van der Waals surface area contributed by atoms with Crippen molar-refractivity contribution in [1.82, 2.24) is 19.1 Å². The monoisotopic (exact) mass is 464 g/mol. The number of nitrogens with zero attached hydrogens (tertiary/aromatic N) is 4. The van der Waals surface area contributed by atoms with E-state index in [1.165, 1.54) is 33.5 Å². The number of thioether (sulfide) groups is 1. The molecule has 0 bridgehead atoms. The molecule has 2 aromatic heterocycles. The average molecular weight is 465 g/mol. The molecule has 1 aromatic carbocycles. The molecule has 0 amide bonds. The summed E-state index contributed by atoms with van der Waals surface area (Å²) in [5.41, 5.74) is 1.20. The van der Waals surface area contributed by atoms with Crippen molar-refractivity contribution in [2.75, 3.05) is 0 Å². The fourth-order valence-corrected chi connectivity index (χ4v) is 3.19. The molecule has 0 aliphatic heterocycles. The molecule has 0 atom stereocenters. The fourth-order valence-electron chi connectivity index (χ4n) is 2.00. The molecule has 0 saturated carbocycles. The first-order chi connectivity index (χ1) is 12.9. The van der Waals surface area contributed by atoms with Crippen LogP contribution < -0.4 is 0 Å². The number of alkyl halides is 4. The van der Waals surface area contributed by atoms with E-state index >= 15 is 0 Å². The molecule has 0 fully saturated rings. The van der Waals surface area contributed by atoms with Crippen molar-refractivity contribution in [2.24, 2.45) is 0 Å². The smallest absolute Gasteiger partial charge is 0.256 e. The van der Waals surface area contributed by atoms with E-state index in [-0.39, 0.29) is 13.1 Å². The van der Waals surface area contributed by atoms with Crippen LogP contribution in [0.3, 0.4) is 0 Å². The molecule has 10 heteroatoms. The molecule has 0 saturated heterocycles. The van der Waals surface area contributed by atoms with Gasteiger partial charge in [0.25, 0.3) is 12.9 Å². The molecule has 4 nitrogen and oxygen atoms in total. The summed E-state index contributed by atoms with van der Waals surface area (Å²) in [6.07, 6.45) is 1.30. The van der Waals surface area contributed by atoms with Crippen LogP contribution >= 0.6 is 27.7 Å². The minimum Gasteiger partial charge on any atom is -0.331 e. The summed E-state index contributed by atoms with van der Waals surface area (Å²) in [7, 11) is 0. The first-order valence-corrected chi connectivity index (χ1v) is 9.62. The second kappa shape index (κ2) is 11.1. The Morgan fingerprint density at radius 3 is 2.04 bits per heavy atom. The Morgan fingerprint density at radius 2 is 1.48 bits per heavy atom. The molecule has 0 aliphatic carbocycles. The van der Waals surface area contributed by atoms with Gasteiger partial charge in [-0.1, -0.05) is 30.3 Å². The minimum atomic E-state index is -2.34. The number of halogens is 5. The highest BCUT2D eigenvalue weighted by Gasteiger charge is 2.06. The van der Waals surface area contributed by atoms with Crippen LogP contribution in [0.15, 0.2) is 65.0 Å². The van der Waals surface area contributed by atoms with Crippen LogP contribution in [0, 0.1) is 0 Å². The number of benzene rings is 1. The van der Waals surface area contributed by atoms with E-state index in [4.69, 9.17) is 0 Å². The lowest BCUT2D eigenvalue weighted by molar-refractivity contribution is 0.126. The third-order valence-corrected chi connectivity index (χ3v) is 4.53. The van der Waals surface area contributed by atoms with Gasteiger partial charge in [0.15, 0.2) is 0 Å². The number of hydrogen-bond acceptors (Lipinski definition) is 3. The molecule has 0 unspecified atom stereocenters. The summed E-state index contributed by atoms with van der Waals surface area (Å²) >= 11 is 4.59.